The molecular weight excluding hydrogens is 205 g/mol. The van der Waals surface area contributed by atoms with Gasteiger partial charge in [0.2, 0.25) is 0 Å². The maximum atomic E-state index is 12.2. The first-order valence-corrected chi connectivity index (χ1v) is 4.25. The second-order valence-electron chi connectivity index (χ2n) is 3.13. The van der Waals surface area contributed by atoms with Crippen molar-refractivity contribution in [1.82, 2.24) is 0 Å². The van der Waals surface area contributed by atoms with Crippen molar-refractivity contribution in [1.29, 1.82) is 5.26 Å². The molecule has 0 spiro atoms. The lowest BCUT2D eigenvalue weighted by Crippen LogP contribution is -2.20. The van der Waals surface area contributed by atoms with E-state index < -0.39 is 17.8 Å². The molecule has 1 aromatic carbocycles. The third kappa shape index (κ3) is 3.26. The van der Waals surface area contributed by atoms with Gasteiger partial charge in [0, 0.05) is 6.42 Å². The van der Waals surface area contributed by atoms with Gasteiger partial charge in [-0.25, -0.2) is 0 Å². The zero-order chi connectivity index (χ0) is 11.5. The minimum atomic E-state index is -4.32. The largest absolute Gasteiger partial charge is 0.416 e. The minimum absolute atomic E-state index is 0.259. The van der Waals surface area contributed by atoms with Crippen molar-refractivity contribution in [3.05, 3.63) is 35.4 Å². The highest BCUT2D eigenvalue weighted by Crippen LogP contribution is 2.29. The van der Waals surface area contributed by atoms with Gasteiger partial charge < -0.3 is 5.73 Å². The van der Waals surface area contributed by atoms with E-state index in [9.17, 15) is 13.2 Å². The molecule has 0 aliphatic heterocycles. The van der Waals surface area contributed by atoms with Crippen LogP contribution in [0.2, 0.25) is 0 Å². The van der Waals surface area contributed by atoms with Crippen molar-refractivity contribution < 1.29 is 13.2 Å². The maximum Gasteiger partial charge on any atom is 0.416 e. The summed E-state index contributed by atoms with van der Waals surface area (Å²) in [6.07, 6.45) is -4.06. The highest BCUT2D eigenvalue weighted by molar-refractivity contribution is 5.25. The molecule has 0 radical (unpaired) electrons. The second kappa shape index (κ2) is 4.32. The minimum Gasteiger partial charge on any atom is -0.316 e. The monoisotopic (exact) mass is 214 g/mol. The van der Waals surface area contributed by atoms with Crippen molar-refractivity contribution in [2.75, 3.05) is 0 Å². The molecule has 1 unspecified atom stereocenters. The molecule has 0 heterocycles. The van der Waals surface area contributed by atoms with Gasteiger partial charge in [0.1, 0.15) is 0 Å². The van der Waals surface area contributed by atoms with E-state index >= 15 is 0 Å². The molecule has 2 nitrogen and oxygen atoms in total. The first-order valence-electron chi connectivity index (χ1n) is 4.25. The molecule has 1 aromatic rings. The van der Waals surface area contributed by atoms with Crippen LogP contribution in [0.15, 0.2) is 24.3 Å². The van der Waals surface area contributed by atoms with E-state index in [1.54, 1.807) is 0 Å². The second-order valence-corrected chi connectivity index (χ2v) is 3.13. The molecule has 0 aliphatic rings. The van der Waals surface area contributed by atoms with E-state index in [-0.39, 0.29) is 6.42 Å². The fourth-order valence-electron chi connectivity index (χ4n) is 1.13. The molecule has 0 bridgehead atoms. The lowest BCUT2D eigenvalue weighted by Gasteiger charge is -2.07. The number of halogens is 3. The van der Waals surface area contributed by atoms with Crippen LogP contribution < -0.4 is 5.73 Å². The van der Waals surface area contributed by atoms with Gasteiger partial charge in [-0.2, -0.15) is 18.4 Å². The van der Waals surface area contributed by atoms with Crippen molar-refractivity contribution in [2.45, 2.75) is 18.6 Å². The van der Waals surface area contributed by atoms with Gasteiger partial charge in [-0.15, -0.1) is 0 Å². The lowest BCUT2D eigenvalue weighted by molar-refractivity contribution is -0.137. The van der Waals surface area contributed by atoms with Crippen molar-refractivity contribution >= 4 is 0 Å². The zero-order valence-corrected chi connectivity index (χ0v) is 7.75. The standard InChI is InChI=1S/C10H9F3N2/c11-10(12,13)8-3-1-7(2-4-8)5-9(15)6-14/h1-4,9H,5,15H2. The molecule has 0 saturated carbocycles. The lowest BCUT2D eigenvalue weighted by atomic mass is 10.1. The summed E-state index contributed by atoms with van der Waals surface area (Å²) in [5.41, 5.74) is 5.27. The van der Waals surface area contributed by atoms with E-state index in [2.05, 4.69) is 0 Å². The van der Waals surface area contributed by atoms with Gasteiger partial charge >= 0.3 is 6.18 Å². The molecule has 0 aliphatic carbocycles. The van der Waals surface area contributed by atoms with Crippen LogP contribution >= 0.6 is 0 Å². The molecule has 1 atom stereocenters. The average molecular weight is 214 g/mol. The van der Waals surface area contributed by atoms with Gasteiger partial charge in [-0.1, -0.05) is 12.1 Å². The van der Waals surface area contributed by atoms with Crippen molar-refractivity contribution in [3.63, 3.8) is 0 Å². The number of benzene rings is 1. The van der Waals surface area contributed by atoms with Gasteiger partial charge in [0.25, 0.3) is 0 Å². The first kappa shape index (κ1) is 11.5. The van der Waals surface area contributed by atoms with E-state index in [4.69, 9.17) is 11.0 Å². The van der Waals surface area contributed by atoms with E-state index in [1.165, 1.54) is 12.1 Å². The number of rotatable bonds is 2. The van der Waals surface area contributed by atoms with E-state index in [0.717, 1.165) is 12.1 Å². The highest BCUT2D eigenvalue weighted by Gasteiger charge is 2.29. The third-order valence-electron chi connectivity index (χ3n) is 1.90. The Morgan fingerprint density at radius 3 is 2.20 bits per heavy atom. The number of nitriles is 1. The smallest absolute Gasteiger partial charge is 0.316 e. The molecule has 0 saturated heterocycles. The number of nitrogens with zero attached hydrogens (tertiary/aromatic N) is 1. The number of alkyl halides is 3. The third-order valence-corrected chi connectivity index (χ3v) is 1.90. The zero-order valence-electron chi connectivity index (χ0n) is 7.75. The Kier molecular flexibility index (Phi) is 3.32. The summed E-state index contributed by atoms with van der Waals surface area (Å²) in [6.45, 7) is 0. The predicted molar refractivity (Wildman–Crippen MR) is 48.7 cm³/mol. The summed E-state index contributed by atoms with van der Waals surface area (Å²) in [4.78, 5) is 0. The summed E-state index contributed by atoms with van der Waals surface area (Å²) < 4.78 is 36.5. The Balaban J connectivity index is 2.78. The Morgan fingerprint density at radius 2 is 1.80 bits per heavy atom. The van der Waals surface area contributed by atoms with Crippen LogP contribution in [0.5, 0.6) is 0 Å². The SMILES string of the molecule is N#CC(N)Cc1ccc(C(F)(F)F)cc1. The summed E-state index contributed by atoms with van der Waals surface area (Å²) in [5, 5.41) is 8.42. The molecule has 2 N–H and O–H groups in total. The summed E-state index contributed by atoms with van der Waals surface area (Å²) in [6, 6.07) is 5.77. The van der Waals surface area contributed by atoms with Crippen LogP contribution in [-0.2, 0) is 12.6 Å². The Bertz CT molecular complexity index is 362. The van der Waals surface area contributed by atoms with Gasteiger partial charge in [-0.05, 0) is 17.7 Å². The van der Waals surface area contributed by atoms with Crippen LogP contribution in [0.3, 0.4) is 0 Å². The quantitative estimate of drug-likeness (QED) is 0.819. The highest BCUT2D eigenvalue weighted by atomic mass is 19.4. The Labute approximate surface area is 85.1 Å². The predicted octanol–water partition coefficient (Wildman–Crippen LogP) is 2.10. The van der Waals surface area contributed by atoms with Gasteiger partial charge in [-0.3, -0.25) is 0 Å². The van der Waals surface area contributed by atoms with E-state index in [1.807, 2.05) is 6.07 Å². The molecule has 0 fully saturated rings. The number of hydrogen-bond donors (Lipinski definition) is 1. The van der Waals surface area contributed by atoms with E-state index in [0.29, 0.717) is 5.56 Å². The van der Waals surface area contributed by atoms with Crippen molar-refractivity contribution in [3.8, 4) is 6.07 Å². The molecule has 80 valence electrons. The Morgan fingerprint density at radius 1 is 1.27 bits per heavy atom. The molecule has 0 aromatic heterocycles. The molecule has 5 heteroatoms. The number of nitrogens with two attached hydrogens (primary N) is 1. The van der Waals surface area contributed by atoms with Crippen LogP contribution in [0.1, 0.15) is 11.1 Å². The summed E-state index contributed by atoms with van der Waals surface area (Å²) in [5.74, 6) is 0. The number of hydrogen-bond acceptors (Lipinski definition) is 2. The first-order chi connectivity index (χ1) is 6.93. The average Bonchev–Trinajstić information content (AvgIpc) is 2.17. The fraction of sp³-hybridized carbons (Fsp3) is 0.300. The van der Waals surface area contributed by atoms with Gasteiger partial charge in [0.15, 0.2) is 0 Å². The van der Waals surface area contributed by atoms with Gasteiger partial charge in [0.05, 0.1) is 17.7 Å². The van der Waals surface area contributed by atoms with Crippen LogP contribution in [0.25, 0.3) is 0 Å². The molecular formula is C10H9F3N2. The molecule has 1 rings (SSSR count). The topological polar surface area (TPSA) is 49.8 Å². The molecule has 0 amide bonds. The Hall–Kier alpha value is -1.54. The molecule has 15 heavy (non-hydrogen) atoms. The maximum absolute atomic E-state index is 12.2. The normalized spacial score (nSPS) is 13.3. The summed E-state index contributed by atoms with van der Waals surface area (Å²) in [7, 11) is 0. The fourth-order valence-corrected chi connectivity index (χ4v) is 1.13. The summed E-state index contributed by atoms with van der Waals surface area (Å²) >= 11 is 0. The van der Waals surface area contributed by atoms with Crippen LogP contribution in [-0.4, -0.2) is 6.04 Å². The van der Waals surface area contributed by atoms with Crippen LogP contribution in [0, 0.1) is 11.3 Å². The van der Waals surface area contributed by atoms with Crippen molar-refractivity contribution in [2.24, 2.45) is 5.73 Å². The van der Waals surface area contributed by atoms with Crippen LogP contribution in [0.4, 0.5) is 13.2 Å².